The molecule has 0 saturated heterocycles. The molecule has 5 aromatic rings. The Labute approximate surface area is 173 Å². The first-order chi connectivity index (χ1) is 13.2. The summed E-state index contributed by atoms with van der Waals surface area (Å²) in [6.45, 7) is 2.08. The second-order valence-electron chi connectivity index (χ2n) is 6.75. The minimum atomic E-state index is 1.07. The van der Waals surface area contributed by atoms with Gasteiger partial charge in [-0.3, -0.25) is 0 Å². The normalized spacial score (nSPS) is 11.3. The molecule has 0 atom stereocenters. The molecule has 3 heteroatoms. The molecular weight excluding hydrogens is 525 g/mol. The standard InChI is InChI=1S/C24H17N2.Bi/c1-17-16-18(14-15-25-17)20-11-7-12-22-21-10-5-6-13-23(21)26(24(20)22)19-8-3-2-4-9-19;/h2-14,16H,1H3;. The van der Waals surface area contributed by atoms with Crippen molar-refractivity contribution < 1.29 is 0 Å². The first kappa shape index (κ1) is 16.7. The molecule has 0 saturated carbocycles. The molecule has 0 spiro atoms. The molecule has 128 valence electrons. The first-order valence-electron chi connectivity index (χ1n) is 8.98. The van der Waals surface area contributed by atoms with E-state index < -0.39 is 0 Å². The van der Waals surface area contributed by atoms with E-state index in [9.17, 15) is 0 Å². The van der Waals surface area contributed by atoms with Crippen LogP contribution in [0.1, 0.15) is 5.69 Å². The Morgan fingerprint density at radius 3 is 2.33 bits per heavy atom. The van der Waals surface area contributed by atoms with Crippen LogP contribution in [-0.2, 0) is 0 Å². The molecule has 0 bridgehead atoms. The summed E-state index contributed by atoms with van der Waals surface area (Å²) in [5.74, 6) is 0. The molecule has 0 aliphatic carbocycles. The van der Waals surface area contributed by atoms with Crippen LogP contribution in [0, 0.1) is 6.92 Å². The fourth-order valence-corrected chi connectivity index (χ4v) is 5.06. The van der Waals surface area contributed by atoms with Gasteiger partial charge in [-0.2, -0.15) is 0 Å². The van der Waals surface area contributed by atoms with Crippen LogP contribution >= 0.6 is 0 Å². The summed E-state index contributed by atoms with van der Waals surface area (Å²) >= 11 is 1.17. The van der Waals surface area contributed by atoms with Gasteiger partial charge in [0.1, 0.15) is 0 Å². The Kier molecular flexibility index (Phi) is 4.06. The van der Waals surface area contributed by atoms with Crippen molar-refractivity contribution in [2.45, 2.75) is 6.92 Å². The van der Waals surface area contributed by atoms with Crippen LogP contribution < -0.4 is 3.40 Å². The zero-order valence-corrected chi connectivity index (χ0v) is 18.4. The van der Waals surface area contributed by atoms with Crippen molar-refractivity contribution in [2.75, 3.05) is 0 Å². The molecule has 2 aromatic heterocycles. The SMILES string of the molecule is Cc1cc(-c2cccc3c4ccccc4n(-c4ccccc4)c23)c[c]([Bi])n1. The maximum atomic E-state index is 4.61. The summed E-state index contributed by atoms with van der Waals surface area (Å²) in [6.07, 6.45) is 0. The number of hydrogen-bond acceptors (Lipinski definition) is 1. The van der Waals surface area contributed by atoms with Crippen LogP contribution in [0.5, 0.6) is 0 Å². The average molecular weight is 542 g/mol. The molecule has 0 aliphatic heterocycles. The Morgan fingerprint density at radius 1 is 0.778 bits per heavy atom. The number of aromatic nitrogens is 2. The van der Waals surface area contributed by atoms with E-state index in [1.165, 1.54) is 63.3 Å². The quantitative estimate of drug-likeness (QED) is 0.289. The topological polar surface area (TPSA) is 17.8 Å². The van der Waals surface area contributed by atoms with Crippen LogP contribution in [0.4, 0.5) is 0 Å². The third kappa shape index (κ3) is 2.78. The Bertz CT molecular complexity index is 1270. The number of pyridine rings is 1. The van der Waals surface area contributed by atoms with Gasteiger partial charge in [0.2, 0.25) is 0 Å². The maximum absolute atomic E-state index is 4.61. The minimum absolute atomic E-state index is 1.07. The predicted molar refractivity (Wildman–Crippen MR) is 114 cm³/mol. The van der Waals surface area contributed by atoms with E-state index in [4.69, 9.17) is 0 Å². The van der Waals surface area contributed by atoms with Crippen molar-refractivity contribution in [1.82, 2.24) is 9.55 Å². The molecule has 0 N–H and O–H groups in total. The number of benzene rings is 3. The van der Waals surface area contributed by atoms with E-state index in [0.29, 0.717) is 0 Å². The van der Waals surface area contributed by atoms with E-state index in [2.05, 4.69) is 101 Å². The first-order valence-corrected chi connectivity index (χ1v) is 10.7. The predicted octanol–water partition coefficient (Wildman–Crippen LogP) is 4.95. The molecule has 2 heterocycles. The van der Waals surface area contributed by atoms with Gasteiger partial charge in [-0.1, -0.05) is 0 Å². The van der Waals surface area contributed by atoms with Gasteiger partial charge < -0.3 is 0 Å². The molecular formula is C24H17BiN2. The summed E-state index contributed by atoms with van der Waals surface area (Å²) in [4.78, 5) is 4.61. The fraction of sp³-hybridized carbons (Fsp3) is 0.0417. The number of aryl methyl sites for hydroxylation is 1. The molecule has 2 nitrogen and oxygen atoms in total. The summed E-state index contributed by atoms with van der Waals surface area (Å²) in [5, 5.41) is 2.57. The molecule has 0 fully saturated rings. The summed E-state index contributed by atoms with van der Waals surface area (Å²) in [6, 6.07) is 30.3. The molecule has 2 radical (unpaired) electrons. The van der Waals surface area contributed by atoms with Gasteiger partial charge in [0.15, 0.2) is 0 Å². The average Bonchev–Trinajstić information content (AvgIpc) is 3.02. The van der Waals surface area contributed by atoms with E-state index in [1.54, 1.807) is 0 Å². The van der Waals surface area contributed by atoms with Crippen molar-refractivity contribution in [3.63, 3.8) is 0 Å². The number of hydrogen-bond donors (Lipinski definition) is 0. The Morgan fingerprint density at radius 2 is 1.52 bits per heavy atom. The molecule has 0 aliphatic rings. The van der Waals surface area contributed by atoms with E-state index in [-0.39, 0.29) is 0 Å². The van der Waals surface area contributed by atoms with Crippen LogP contribution in [0.2, 0.25) is 0 Å². The van der Waals surface area contributed by atoms with Gasteiger partial charge in [-0.25, -0.2) is 0 Å². The van der Waals surface area contributed by atoms with Crippen molar-refractivity contribution in [2.24, 2.45) is 0 Å². The van der Waals surface area contributed by atoms with Gasteiger partial charge >= 0.3 is 174 Å². The van der Waals surface area contributed by atoms with Crippen molar-refractivity contribution in [1.29, 1.82) is 0 Å². The van der Waals surface area contributed by atoms with Gasteiger partial charge in [0, 0.05) is 0 Å². The number of nitrogens with zero attached hydrogens (tertiary/aromatic N) is 2. The van der Waals surface area contributed by atoms with Crippen LogP contribution in [0.3, 0.4) is 0 Å². The van der Waals surface area contributed by atoms with E-state index in [0.717, 1.165) is 9.10 Å². The molecule has 0 unspecified atom stereocenters. The summed E-state index contributed by atoms with van der Waals surface area (Å²) in [5.41, 5.74) is 7.25. The van der Waals surface area contributed by atoms with E-state index in [1.807, 2.05) is 0 Å². The summed E-state index contributed by atoms with van der Waals surface area (Å²) in [7, 11) is 0. The molecule has 3 aromatic carbocycles. The van der Waals surface area contributed by atoms with Gasteiger partial charge in [0.25, 0.3) is 0 Å². The van der Waals surface area contributed by atoms with Crippen molar-refractivity contribution in [3.05, 3.63) is 90.6 Å². The molecule has 27 heavy (non-hydrogen) atoms. The van der Waals surface area contributed by atoms with Gasteiger partial charge in [-0.05, 0) is 0 Å². The van der Waals surface area contributed by atoms with Crippen LogP contribution in [0.15, 0.2) is 84.9 Å². The van der Waals surface area contributed by atoms with Crippen LogP contribution in [0.25, 0.3) is 38.6 Å². The van der Waals surface area contributed by atoms with Crippen molar-refractivity contribution in [3.8, 4) is 16.8 Å². The number of fused-ring (bicyclic) bond motifs is 3. The second-order valence-corrected chi connectivity index (χ2v) is 8.53. The fourth-order valence-electron chi connectivity index (χ4n) is 3.90. The Hall–Kier alpha value is -2.51. The monoisotopic (exact) mass is 542 g/mol. The Balaban J connectivity index is 1.97. The summed E-state index contributed by atoms with van der Waals surface area (Å²) < 4.78 is 3.55. The van der Waals surface area contributed by atoms with E-state index >= 15 is 0 Å². The number of para-hydroxylation sites is 3. The zero-order valence-electron chi connectivity index (χ0n) is 14.9. The molecule has 0 amide bonds. The number of rotatable bonds is 2. The van der Waals surface area contributed by atoms with Gasteiger partial charge in [-0.15, -0.1) is 0 Å². The zero-order chi connectivity index (χ0) is 18.4. The van der Waals surface area contributed by atoms with Crippen LogP contribution in [-0.4, -0.2) is 34.3 Å². The third-order valence-electron chi connectivity index (χ3n) is 4.96. The van der Waals surface area contributed by atoms with Gasteiger partial charge in [0.05, 0.1) is 0 Å². The van der Waals surface area contributed by atoms with Crippen molar-refractivity contribution >= 4 is 49.9 Å². The molecule has 5 rings (SSSR count). The second kappa shape index (κ2) is 6.58. The third-order valence-corrected chi connectivity index (χ3v) is 5.85.